The topological polar surface area (TPSA) is 41.6 Å². The van der Waals surface area contributed by atoms with Crippen molar-refractivity contribution < 1.29 is 9.53 Å². The van der Waals surface area contributed by atoms with Crippen LogP contribution in [-0.2, 0) is 4.74 Å². The Labute approximate surface area is 148 Å². The average molecular weight is 372 g/mol. The van der Waals surface area contributed by atoms with E-state index in [4.69, 9.17) is 39.5 Å². The van der Waals surface area contributed by atoms with Crippen LogP contribution in [0.4, 0.5) is 10.5 Å². The fraction of sp³-hybridized carbons (Fsp3) is 0.188. The Morgan fingerprint density at radius 2 is 1.74 bits per heavy atom. The van der Waals surface area contributed by atoms with Gasteiger partial charge in [-0.05, 0) is 36.4 Å². The molecule has 1 aliphatic rings. The maximum atomic E-state index is 12.5. The van der Waals surface area contributed by atoms with Gasteiger partial charge in [-0.3, -0.25) is 4.90 Å². The van der Waals surface area contributed by atoms with Crippen molar-refractivity contribution in [3.63, 3.8) is 0 Å². The lowest BCUT2D eigenvalue weighted by molar-refractivity contribution is 0.0523. The predicted octanol–water partition coefficient (Wildman–Crippen LogP) is 5.21. The van der Waals surface area contributed by atoms with Crippen LogP contribution in [0.15, 0.2) is 42.5 Å². The van der Waals surface area contributed by atoms with Crippen molar-refractivity contribution in [1.82, 2.24) is 4.90 Å². The molecule has 7 heteroatoms. The van der Waals surface area contributed by atoms with Gasteiger partial charge in [-0.2, -0.15) is 0 Å². The zero-order chi connectivity index (χ0) is 16.4. The molecule has 0 bridgehead atoms. The summed E-state index contributed by atoms with van der Waals surface area (Å²) in [5.41, 5.74) is 1.25. The molecule has 3 rings (SSSR count). The number of rotatable bonds is 2. The van der Waals surface area contributed by atoms with Gasteiger partial charge in [0, 0.05) is 32.9 Å². The standard InChI is InChI=1S/C16H13Cl3N2O2/c17-10-4-6-11(7-5-10)20-16(22)21-8-9-23-15(21)14-12(18)2-1-3-13(14)19/h1-7,15H,8-9H2,(H,20,22). The SMILES string of the molecule is O=C(Nc1ccc(Cl)cc1)N1CCOC1c1c(Cl)cccc1Cl. The minimum absolute atomic E-state index is 0.286. The number of carbonyl (C=O) groups is 1. The summed E-state index contributed by atoms with van der Waals surface area (Å²) in [7, 11) is 0. The van der Waals surface area contributed by atoms with Crippen LogP contribution < -0.4 is 5.32 Å². The molecule has 1 aliphatic heterocycles. The highest BCUT2D eigenvalue weighted by Gasteiger charge is 2.33. The largest absolute Gasteiger partial charge is 0.352 e. The summed E-state index contributed by atoms with van der Waals surface area (Å²) in [5.74, 6) is 0. The molecule has 1 fully saturated rings. The highest BCUT2D eigenvalue weighted by atomic mass is 35.5. The Balaban J connectivity index is 1.81. The Hall–Kier alpha value is -1.46. The lowest BCUT2D eigenvalue weighted by Crippen LogP contribution is -2.35. The Bertz CT molecular complexity index is 702. The third-order valence-electron chi connectivity index (χ3n) is 3.49. The maximum absolute atomic E-state index is 12.5. The molecule has 1 atom stereocenters. The number of hydrogen-bond donors (Lipinski definition) is 1. The van der Waals surface area contributed by atoms with Crippen molar-refractivity contribution in [2.24, 2.45) is 0 Å². The van der Waals surface area contributed by atoms with Crippen LogP contribution in [0.5, 0.6) is 0 Å². The van der Waals surface area contributed by atoms with Crippen LogP contribution in [0, 0.1) is 0 Å². The fourth-order valence-electron chi connectivity index (χ4n) is 2.39. The minimum Gasteiger partial charge on any atom is -0.352 e. The molecule has 2 aromatic carbocycles. The van der Waals surface area contributed by atoms with E-state index in [1.807, 2.05) is 0 Å². The number of nitrogens with one attached hydrogen (secondary N) is 1. The molecule has 2 amide bonds. The molecule has 4 nitrogen and oxygen atoms in total. The van der Waals surface area contributed by atoms with E-state index >= 15 is 0 Å². The summed E-state index contributed by atoms with van der Waals surface area (Å²) < 4.78 is 5.67. The zero-order valence-electron chi connectivity index (χ0n) is 11.9. The minimum atomic E-state index is -0.608. The number of benzene rings is 2. The van der Waals surface area contributed by atoms with Crippen LogP contribution >= 0.6 is 34.8 Å². The Kier molecular flexibility index (Phi) is 4.97. The molecule has 1 N–H and O–H groups in total. The van der Waals surface area contributed by atoms with Gasteiger partial charge in [-0.25, -0.2) is 4.79 Å². The van der Waals surface area contributed by atoms with E-state index in [0.29, 0.717) is 39.5 Å². The first-order valence-electron chi connectivity index (χ1n) is 6.95. The van der Waals surface area contributed by atoms with Gasteiger partial charge in [0.25, 0.3) is 0 Å². The molecular weight excluding hydrogens is 359 g/mol. The fourth-order valence-corrected chi connectivity index (χ4v) is 3.10. The number of carbonyl (C=O) groups excluding carboxylic acids is 1. The second-order valence-electron chi connectivity index (χ2n) is 4.99. The number of ether oxygens (including phenoxy) is 1. The lowest BCUT2D eigenvalue weighted by atomic mass is 10.2. The van der Waals surface area contributed by atoms with Gasteiger partial charge in [0.2, 0.25) is 0 Å². The molecule has 0 spiro atoms. The number of hydrogen-bond acceptors (Lipinski definition) is 2. The monoisotopic (exact) mass is 370 g/mol. The molecular formula is C16H13Cl3N2O2. The Morgan fingerprint density at radius 3 is 2.39 bits per heavy atom. The van der Waals surface area contributed by atoms with Crippen molar-refractivity contribution in [2.45, 2.75) is 6.23 Å². The quantitative estimate of drug-likeness (QED) is 0.787. The molecule has 2 aromatic rings. The van der Waals surface area contributed by atoms with E-state index in [1.54, 1.807) is 47.4 Å². The van der Waals surface area contributed by atoms with Crippen LogP contribution in [0.1, 0.15) is 11.8 Å². The normalized spacial score (nSPS) is 17.3. The van der Waals surface area contributed by atoms with Gasteiger partial charge >= 0.3 is 6.03 Å². The highest BCUT2D eigenvalue weighted by Crippen LogP contribution is 2.37. The first-order chi connectivity index (χ1) is 11.1. The molecule has 0 aliphatic carbocycles. The van der Waals surface area contributed by atoms with E-state index in [-0.39, 0.29) is 6.03 Å². The first-order valence-corrected chi connectivity index (χ1v) is 8.08. The number of urea groups is 1. The predicted molar refractivity (Wildman–Crippen MR) is 92.3 cm³/mol. The molecule has 0 radical (unpaired) electrons. The summed E-state index contributed by atoms with van der Waals surface area (Å²) >= 11 is 18.3. The molecule has 1 saturated heterocycles. The van der Waals surface area contributed by atoms with Gasteiger partial charge in [0.15, 0.2) is 6.23 Å². The van der Waals surface area contributed by atoms with E-state index in [9.17, 15) is 4.79 Å². The van der Waals surface area contributed by atoms with Crippen molar-refractivity contribution in [1.29, 1.82) is 0 Å². The van der Waals surface area contributed by atoms with Crippen LogP contribution in [0.2, 0.25) is 15.1 Å². The second kappa shape index (κ2) is 6.97. The summed E-state index contributed by atoms with van der Waals surface area (Å²) in [5, 5.41) is 4.35. The second-order valence-corrected chi connectivity index (χ2v) is 6.24. The number of amides is 2. The van der Waals surface area contributed by atoms with Gasteiger partial charge in [0.1, 0.15) is 0 Å². The van der Waals surface area contributed by atoms with Crippen LogP contribution in [0.25, 0.3) is 0 Å². The van der Waals surface area contributed by atoms with Crippen molar-refractivity contribution in [3.05, 3.63) is 63.1 Å². The molecule has 120 valence electrons. The summed E-state index contributed by atoms with van der Waals surface area (Å²) in [6, 6.07) is 11.8. The van der Waals surface area contributed by atoms with Gasteiger partial charge in [0.05, 0.1) is 6.61 Å². The molecule has 0 aromatic heterocycles. The number of halogens is 3. The number of nitrogens with zero attached hydrogens (tertiary/aromatic N) is 1. The summed E-state index contributed by atoms with van der Waals surface area (Å²) in [4.78, 5) is 14.1. The van der Waals surface area contributed by atoms with E-state index in [2.05, 4.69) is 5.32 Å². The van der Waals surface area contributed by atoms with Crippen molar-refractivity contribution >= 4 is 46.5 Å². The maximum Gasteiger partial charge on any atom is 0.324 e. The van der Waals surface area contributed by atoms with E-state index in [1.165, 1.54) is 0 Å². The van der Waals surface area contributed by atoms with Crippen LogP contribution in [0.3, 0.4) is 0 Å². The summed E-state index contributed by atoms with van der Waals surface area (Å²) in [6.07, 6.45) is -0.608. The van der Waals surface area contributed by atoms with E-state index < -0.39 is 6.23 Å². The third kappa shape index (κ3) is 3.56. The molecule has 1 unspecified atom stereocenters. The van der Waals surface area contributed by atoms with Crippen molar-refractivity contribution in [2.75, 3.05) is 18.5 Å². The summed E-state index contributed by atoms with van der Waals surface area (Å²) in [6.45, 7) is 0.867. The highest BCUT2D eigenvalue weighted by molar-refractivity contribution is 6.36. The molecule has 1 heterocycles. The average Bonchev–Trinajstić information content (AvgIpc) is 2.99. The first kappa shape index (κ1) is 16.4. The van der Waals surface area contributed by atoms with Crippen LogP contribution in [-0.4, -0.2) is 24.1 Å². The third-order valence-corrected chi connectivity index (χ3v) is 4.41. The van der Waals surface area contributed by atoms with E-state index in [0.717, 1.165) is 0 Å². The number of anilines is 1. The van der Waals surface area contributed by atoms with Gasteiger partial charge < -0.3 is 10.1 Å². The zero-order valence-corrected chi connectivity index (χ0v) is 14.2. The smallest absolute Gasteiger partial charge is 0.324 e. The molecule has 0 saturated carbocycles. The lowest BCUT2D eigenvalue weighted by Gasteiger charge is -2.25. The Morgan fingerprint density at radius 1 is 1.09 bits per heavy atom. The van der Waals surface area contributed by atoms with Crippen molar-refractivity contribution in [3.8, 4) is 0 Å². The molecule has 23 heavy (non-hydrogen) atoms. The van der Waals surface area contributed by atoms with Gasteiger partial charge in [-0.15, -0.1) is 0 Å². The van der Waals surface area contributed by atoms with Gasteiger partial charge in [-0.1, -0.05) is 40.9 Å².